The van der Waals surface area contributed by atoms with Gasteiger partial charge >= 0.3 is 11.9 Å². The molecule has 0 aliphatic heterocycles. The van der Waals surface area contributed by atoms with E-state index in [1.165, 1.54) is 7.11 Å². The number of methoxy groups -OCH3 is 1. The first kappa shape index (κ1) is 13.0. The molecule has 1 fully saturated rings. The molecule has 5 heteroatoms. The minimum absolute atomic E-state index is 0.0684. The lowest BCUT2D eigenvalue weighted by atomic mass is 9.82. The third-order valence-electron chi connectivity index (χ3n) is 2.85. The first-order valence-electron chi connectivity index (χ1n) is 5.60. The van der Waals surface area contributed by atoms with E-state index in [1.54, 1.807) is 6.92 Å². The van der Waals surface area contributed by atoms with Crippen molar-refractivity contribution in [1.82, 2.24) is 0 Å². The van der Waals surface area contributed by atoms with Crippen LogP contribution in [0.4, 0.5) is 0 Å². The minimum Gasteiger partial charge on any atom is -0.469 e. The Morgan fingerprint density at radius 2 is 1.56 bits per heavy atom. The van der Waals surface area contributed by atoms with Gasteiger partial charge in [0.2, 0.25) is 0 Å². The van der Waals surface area contributed by atoms with Gasteiger partial charge in [0.05, 0.1) is 25.6 Å². The molecule has 1 saturated carbocycles. The molecule has 0 aromatic heterocycles. The van der Waals surface area contributed by atoms with Gasteiger partial charge in [-0.1, -0.05) is 0 Å². The molecule has 0 atom stereocenters. The summed E-state index contributed by atoms with van der Waals surface area (Å²) in [4.78, 5) is 31.9. The Hall–Kier alpha value is -1.10. The quantitative estimate of drug-likeness (QED) is 0.415. The smallest absolute Gasteiger partial charge is 0.345 e. The highest BCUT2D eigenvalue weighted by Gasteiger charge is 2.31. The molecule has 0 N–H and O–H groups in total. The van der Waals surface area contributed by atoms with E-state index in [4.69, 9.17) is 0 Å². The van der Waals surface area contributed by atoms with E-state index < -0.39 is 0 Å². The van der Waals surface area contributed by atoms with Crippen molar-refractivity contribution in [1.29, 1.82) is 0 Å². The molecule has 16 heavy (non-hydrogen) atoms. The number of carbonyl (C=O) groups is 2. The van der Waals surface area contributed by atoms with Crippen LogP contribution in [0.15, 0.2) is 0 Å². The molecule has 0 bridgehead atoms. The molecule has 0 heterocycles. The monoisotopic (exact) mass is 230 g/mol. The van der Waals surface area contributed by atoms with Crippen LogP contribution in [0.3, 0.4) is 0 Å². The molecule has 0 aromatic carbocycles. The number of ether oxygens (including phenoxy) is 1. The summed E-state index contributed by atoms with van der Waals surface area (Å²) in [6, 6.07) is 0. The number of hydrogen-bond acceptors (Lipinski definition) is 5. The summed E-state index contributed by atoms with van der Waals surface area (Å²) in [5, 5.41) is 0. The van der Waals surface area contributed by atoms with Crippen molar-refractivity contribution in [3.63, 3.8) is 0 Å². The van der Waals surface area contributed by atoms with E-state index in [9.17, 15) is 9.59 Å². The summed E-state index contributed by atoms with van der Waals surface area (Å²) in [5.41, 5.74) is 0. The first-order valence-corrected chi connectivity index (χ1v) is 5.60. The minimum atomic E-state index is -0.329. The van der Waals surface area contributed by atoms with E-state index in [0.29, 0.717) is 32.3 Å². The van der Waals surface area contributed by atoms with Gasteiger partial charge < -0.3 is 4.74 Å². The third-order valence-corrected chi connectivity index (χ3v) is 2.85. The molecule has 1 aliphatic rings. The molecule has 0 saturated heterocycles. The number of hydrogen-bond donors (Lipinski definition) is 0. The number of rotatable bonds is 4. The van der Waals surface area contributed by atoms with Gasteiger partial charge in [0, 0.05) is 0 Å². The van der Waals surface area contributed by atoms with E-state index in [-0.39, 0.29) is 23.8 Å². The lowest BCUT2D eigenvalue weighted by Crippen LogP contribution is -2.27. The van der Waals surface area contributed by atoms with Crippen molar-refractivity contribution in [3.8, 4) is 0 Å². The SMILES string of the molecule is CCOOC(=O)C1CCC(C(=O)OC)CC1. The van der Waals surface area contributed by atoms with Gasteiger partial charge in [-0.05, 0) is 32.6 Å². The first-order chi connectivity index (χ1) is 7.69. The van der Waals surface area contributed by atoms with Gasteiger partial charge in [0.15, 0.2) is 0 Å². The van der Waals surface area contributed by atoms with Crippen molar-refractivity contribution < 1.29 is 24.1 Å². The Morgan fingerprint density at radius 3 is 2.00 bits per heavy atom. The fourth-order valence-electron chi connectivity index (χ4n) is 1.92. The summed E-state index contributed by atoms with van der Waals surface area (Å²) < 4.78 is 4.67. The summed E-state index contributed by atoms with van der Waals surface area (Å²) in [6.45, 7) is 2.10. The second-order valence-corrected chi connectivity index (χ2v) is 3.88. The van der Waals surface area contributed by atoms with Crippen molar-refractivity contribution in [3.05, 3.63) is 0 Å². The van der Waals surface area contributed by atoms with Crippen LogP contribution in [0.2, 0.25) is 0 Å². The summed E-state index contributed by atoms with van der Waals surface area (Å²) in [5.74, 6) is -0.726. The van der Waals surface area contributed by atoms with Crippen LogP contribution >= 0.6 is 0 Å². The van der Waals surface area contributed by atoms with Crippen LogP contribution in [0, 0.1) is 11.8 Å². The van der Waals surface area contributed by atoms with Crippen LogP contribution in [0.1, 0.15) is 32.6 Å². The van der Waals surface area contributed by atoms with E-state index in [0.717, 1.165) is 0 Å². The molecule has 0 unspecified atom stereocenters. The predicted octanol–water partition coefficient (Wildman–Crippen LogP) is 1.46. The molecule has 0 aromatic rings. The van der Waals surface area contributed by atoms with E-state index in [1.807, 2.05) is 0 Å². The standard InChI is InChI=1S/C11H18O5/c1-3-15-16-11(13)9-6-4-8(5-7-9)10(12)14-2/h8-9H,3-7H2,1-2H3. The molecule has 0 radical (unpaired) electrons. The predicted molar refractivity (Wildman–Crippen MR) is 55.2 cm³/mol. The number of carbonyl (C=O) groups excluding carboxylic acids is 2. The van der Waals surface area contributed by atoms with Crippen LogP contribution < -0.4 is 0 Å². The molecule has 0 spiro atoms. The van der Waals surface area contributed by atoms with Crippen molar-refractivity contribution >= 4 is 11.9 Å². The van der Waals surface area contributed by atoms with Crippen molar-refractivity contribution in [2.75, 3.05) is 13.7 Å². The Kier molecular flexibility index (Phi) is 5.25. The molecular formula is C11H18O5. The summed E-state index contributed by atoms with van der Waals surface area (Å²) >= 11 is 0. The zero-order chi connectivity index (χ0) is 12.0. The summed E-state index contributed by atoms with van der Waals surface area (Å²) in [6.07, 6.45) is 2.68. The highest BCUT2D eigenvalue weighted by molar-refractivity contribution is 5.74. The average molecular weight is 230 g/mol. The maximum absolute atomic E-state index is 11.4. The van der Waals surface area contributed by atoms with E-state index >= 15 is 0 Å². The lowest BCUT2D eigenvalue weighted by molar-refractivity contribution is -0.274. The highest BCUT2D eigenvalue weighted by Crippen LogP contribution is 2.30. The van der Waals surface area contributed by atoms with Crippen LogP contribution in [0.5, 0.6) is 0 Å². The molecular weight excluding hydrogens is 212 g/mol. The average Bonchev–Trinajstić information content (AvgIpc) is 2.35. The largest absolute Gasteiger partial charge is 0.469 e. The topological polar surface area (TPSA) is 61.8 Å². The Labute approximate surface area is 95.0 Å². The fraction of sp³-hybridized carbons (Fsp3) is 0.818. The summed E-state index contributed by atoms with van der Waals surface area (Å²) in [7, 11) is 1.39. The second-order valence-electron chi connectivity index (χ2n) is 3.88. The molecule has 92 valence electrons. The van der Waals surface area contributed by atoms with Crippen LogP contribution in [-0.2, 0) is 24.1 Å². The third kappa shape index (κ3) is 3.48. The maximum atomic E-state index is 11.4. The normalized spacial score (nSPS) is 24.9. The lowest BCUT2D eigenvalue weighted by Gasteiger charge is -2.24. The maximum Gasteiger partial charge on any atom is 0.345 e. The Morgan fingerprint density at radius 1 is 1.06 bits per heavy atom. The van der Waals surface area contributed by atoms with Gasteiger partial charge in [-0.2, -0.15) is 4.89 Å². The Balaban J connectivity index is 2.31. The molecule has 1 rings (SSSR count). The molecule has 1 aliphatic carbocycles. The van der Waals surface area contributed by atoms with Crippen LogP contribution in [-0.4, -0.2) is 25.7 Å². The highest BCUT2D eigenvalue weighted by atomic mass is 17.2. The number of esters is 1. The van der Waals surface area contributed by atoms with Crippen molar-refractivity contribution in [2.24, 2.45) is 11.8 Å². The van der Waals surface area contributed by atoms with Gasteiger partial charge in [-0.3, -0.25) is 9.68 Å². The van der Waals surface area contributed by atoms with Gasteiger partial charge in [-0.15, -0.1) is 0 Å². The van der Waals surface area contributed by atoms with E-state index in [2.05, 4.69) is 14.5 Å². The van der Waals surface area contributed by atoms with Gasteiger partial charge in [0.25, 0.3) is 0 Å². The van der Waals surface area contributed by atoms with Gasteiger partial charge in [0.1, 0.15) is 0 Å². The Bertz CT molecular complexity index is 243. The molecule has 0 amide bonds. The fourth-order valence-corrected chi connectivity index (χ4v) is 1.92. The van der Waals surface area contributed by atoms with Crippen molar-refractivity contribution in [2.45, 2.75) is 32.6 Å². The zero-order valence-corrected chi connectivity index (χ0v) is 9.73. The molecule has 5 nitrogen and oxygen atoms in total. The van der Waals surface area contributed by atoms with Gasteiger partial charge in [-0.25, -0.2) is 4.79 Å². The zero-order valence-electron chi connectivity index (χ0n) is 9.73. The van der Waals surface area contributed by atoms with Crippen LogP contribution in [0.25, 0.3) is 0 Å². The second kappa shape index (κ2) is 6.48.